The average molecular weight is 396 g/mol. The van der Waals surface area contributed by atoms with Crippen LogP contribution in [0, 0.1) is 6.92 Å². The molecule has 0 aliphatic rings. The molecule has 0 unspecified atom stereocenters. The zero-order chi connectivity index (χ0) is 19.5. The molecule has 0 radical (unpaired) electrons. The van der Waals surface area contributed by atoms with E-state index in [9.17, 15) is 0 Å². The van der Waals surface area contributed by atoms with E-state index < -0.39 is 0 Å². The third-order valence-corrected chi connectivity index (χ3v) is 5.07. The number of H-pyrrole nitrogens is 1. The van der Waals surface area contributed by atoms with Crippen molar-refractivity contribution in [2.75, 3.05) is 13.7 Å². The van der Waals surface area contributed by atoms with Crippen molar-refractivity contribution in [1.29, 1.82) is 0 Å². The molecule has 0 amide bonds. The van der Waals surface area contributed by atoms with Crippen molar-refractivity contribution in [3.63, 3.8) is 0 Å². The molecule has 1 aromatic carbocycles. The minimum Gasteiger partial charge on any atom is -0.493 e. The summed E-state index contributed by atoms with van der Waals surface area (Å²) in [6.45, 7) is 4.43. The zero-order valence-electron chi connectivity index (χ0n) is 15.9. The number of nitrogens with zero attached hydrogens (tertiary/aromatic N) is 3. The van der Waals surface area contributed by atoms with Gasteiger partial charge in [-0.1, -0.05) is 11.8 Å². The number of aryl methyl sites for hydroxylation is 1. The Hall–Kier alpha value is -3.00. The molecule has 0 aliphatic carbocycles. The normalized spacial score (nSPS) is 11.1. The minimum atomic E-state index is 0.556. The number of rotatable bonds is 7. The van der Waals surface area contributed by atoms with E-state index in [0.29, 0.717) is 35.4 Å². The summed E-state index contributed by atoms with van der Waals surface area (Å²) in [7, 11) is 1.62. The maximum Gasteiger partial charge on any atom is 0.226 e. The van der Waals surface area contributed by atoms with Crippen LogP contribution in [-0.4, -0.2) is 33.7 Å². The molecule has 0 atom stereocenters. The van der Waals surface area contributed by atoms with Crippen LogP contribution >= 0.6 is 11.8 Å². The molecular weight excluding hydrogens is 376 g/mol. The maximum atomic E-state index is 5.88. The van der Waals surface area contributed by atoms with Crippen LogP contribution in [0.4, 0.5) is 0 Å². The lowest BCUT2D eigenvalue weighted by molar-refractivity contribution is 0.311. The highest BCUT2D eigenvalue weighted by molar-refractivity contribution is 7.98. The van der Waals surface area contributed by atoms with Gasteiger partial charge in [0.1, 0.15) is 5.76 Å². The van der Waals surface area contributed by atoms with Crippen LogP contribution < -0.4 is 9.47 Å². The fourth-order valence-electron chi connectivity index (χ4n) is 2.79. The number of fused-ring (bicyclic) bond motifs is 1. The second-order valence-corrected chi connectivity index (χ2v) is 6.99. The smallest absolute Gasteiger partial charge is 0.226 e. The van der Waals surface area contributed by atoms with E-state index in [1.54, 1.807) is 25.1 Å². The molecule has 4 rings (SSSR count). The van der Waals surface area contributed by atoms with Gasteiger partial charge in [0.25, 0.3) is 0 Å². The first-order valence-corrected chi connectivity index (χ1v) is 9.87. The topological polar surface area (TPSA) is 86.1 Å². The van der Waals surface area contributed by atoms with Gasteiger partial charge < -0.3 is 18.9 Å². The second kappa shape index (κ2) is 7.93. The maximum absolute atomic E-state index is 5.88. The second-order valence-electron chi connectivity index (χ2n) is 6.03. The highest BCUT2D eigenvalue weighted by Crippen LogP contribution is 2.33. The third-order valence-electron chi connectivity index (χ3n) is 4.18. The largest absolute Gasteiger partial charge is 0.493 e. The van der Waals surface area contributed by atoms with E-state index in [2.05, 4.69) is 19.9 Å². The van der Waals surface area contributed by atoms with Crippen molar-refractivity contribution < 1.29 is 13.9 Å². The molecule has 3 aromatic heterocycles. The number of imidazole rings is 1. The Bertz CT molecular complexity index is 1070. The number of hydrogen-bond donors (Lipinski definition) is 1. The summed E-state index contributed by atoms with van der Waals surface area (Å²) in [5, 5.41) is 0.806. The fourth-order valence-corrected chi connectivity index (χ4v) is 3.66. The monoisotopic (exact) mass is 396 g/mol. The quantitative estimate of drug-likeness (QED) is 0.456. The van der Waals surface area contributed by atoms with Gasteiger partial charge in [0.05, 0.1) is 24.9 Å². The molecule has 8 heteroatoms. The zero-order valence-corrected chi connectivity index (χ0v) is 16.7. The summed E-state index contributed by atoms with van der Waals surface area (Å²) in [6.07, 6.45) is 1.73. The molecule has 4 aromatic rings. The predicted molar refractivity (Wildman–Crippen MR) is 108 cm³/mol. The number of aromatic nitrogens is 4. The fraction of sp³-hybridized carbons (Fsp3) is 0.250. The number of ether oxygens (including phenoxy) is 2. The molecule has 3 heterocycles. The molecule has 0 fully saturated rings. The molecule has 28 heavy (non-hydrogen) atoms. The molecule has 0 bridgehead atoms. The minimum absolute atomic E-state index is 0.556. The van der Waals surface area contributed by atoms with Gasteiger partial charge in [0, 0.05) is 17.5 Å². The lowest BCUT2D eigenvalue weighted by Crippen LogP contribution is -1.95. The molecule has 0 spiro atoms. The Morgan fingerprint density at radius 1 is 1.18 bits per heavy atom. The number of thioether (sulfide) groups is 1. The Morgan fingerprint density at radius 3 is 2.86 bits per heavy atom. The van der Waals surface area contributed by atoms with Gasteiger partial charge in [-0.2, -0.15) is 0 Å². The van der Waals surface area contributed by atoms with E-state index in [1.165, 1.54) is 0 Å². The summed E-state index contributed by atoms with van der Waals surface area (Å²) < 4.78 is 16.9. The van der Waals surface area contributed by atoms with Crippen LogP contribution in [0.5, 0.6) is 11.5 Å². The van der Waals surface area contributed by atoms with Crippen molar-refractivity contribution in [3.05, 3.63) is 48.0 Å². The summed E-state index contributed by atoms with van der Waals surface area (Å²) >= 11 is 1.56. The first-order valence-electron chi connectivity index (χ1n) is 8.89. The van der Waals surface area contributed by atoms with Gasteiger partial charge in [-0.25, -0.2) is 15.0 Å². The first-order chi connectivity index (χ1) is 13.7. The number of pyridine rings is 1. The van der Waals surface area contributed by atoms with Gasteiger partial charge >= 0.3 is 0 Å². The SMILES string of the molecule is CCOc1ccc(-c2nc(CSc3nc4ncccc4[nH]3)c(C)o2)cc1OC. The average Bonchev–Trinajstić information content (AvgIpc) is 3.29. The van der Waals surface area contributed by atoms with Gasteiger partial charge in [-0.3, -0.25) is 0 Å². The molecule has 144 valence electrons. The van der Waals surface area contributed by atoms with E-state index >= 15 is 0 Å². The van der Waals surface area contributed by atoms with Crippen LogP contribution in [-0.2, 0) is 5.75 Å². The molecule has 7 nitrogen and oxygen atoms in total. The van der Waals surface area contributed by atoms with Crippen molar-refractivity contribution in [3.8, 4) is 23.0 Å². The van der Waals surface area contributed by atoms with E-state index in [-0.39, 0.29) is 0 Å². The van der Waals surface area contributed by atoms with Crippen molar-refractivity contribution in [2.45, 2.75) is 24.8 Å². The Morgan fingerprint density at radius 2 is 2.07 bits per heavy atom. The van der Waals surface area contributed by atoms with Crippen LogP contribution in [0.3, 0.4) is 0 Å². The third kappa shape index (κ3) is 3.68. The van der Waals surface area contributed by atoms with Gasteiger partial charge in [0.2, 0.25) is 5.89 Å². The van der Waals surface area contributed by atoms with Gasteiger partial charge in [-0.15, -0.1) is 0 Å². The Labute approximate surface area is 166 Å². The predicted octanol–water partition coefficient (Wildman–Crippen LogP) is 4.62. The molecule has 1 N–H and O–H groups in total. The van der Waals surface area contributed by atoms with Crippen molar-refractivity contribution in [1.82, 2.24) is 19.9 Å². The van der Waals surface area contributed by atoms with Crippen molar-refractivity contribution >= 4 is 22.9 Å². The van der Waals surface area contributed by atoms with Crippen LogP contribution in [0.25, 0.3) is 22.6 Å². The highest BCUT2D eigenvalue weighted by Gasteiger charge is 2.15. The Kier molecular flexibility index (Phi) is 5.21. The molecule has 0 saturated carbocycles. The van der Waals surface area contributed by atoms with Crippen LogP contribution in [0.2, 0.25) is 0 Å². The van der Waals surface area contributed by atoms with Gasteiger partial charge in [-0.05, 0) is 44.2 Å². The standard InChI is InChI=1S/C20H20N4O3S/c1-4-26-16-8-7-13(10-17(16)25-3)19-22-15(12(2)27-19)11-28-20-23-14-6-5-9-21-18(14)24-20/h5-10H,4,11H2,1-3H3,(H,21,23,24). The van der Waals surface area contributed by atoms with Crippen LogP contribution in [0.15, 0.2) is 46.1 Å². The molecule has 0 saturated heterocycles. The number of benzene rings is 1. The van der Waals surface area contributed by atoms with E-state index in [0.717, 1.165) is 27.7 Å². The van der Waals surface area contributed by atoms with E-state index in [1.807, 2.05) is 44.2 Å². The van der Waals surface area contributed by atoms with Crippen LogP contribution in [0.1, 0.15) is 18.4 Å². The molecule has 0 aliphatic heterocycles. The molecular formula is C20H20N4O3S. The highest BCUT2D eigenvalue weighted by atomic mass is 32.2. The first kappa shape index (κ1) is 18.4. The number of hydrogen-bond acceptors (Lipinski definition) is 7. The lowest BCUT2D eigenvalue weighted by atomic mass is 10.2. The summed E-state index contributed by atoms with van der Waals surface area (Å²) in [4.78, 5) is 16.6. The van der Waals surface area contributed by atoms with Crippen molar-refractivity contribution in [2.24, 2.45) is 0 Å². The number of nitrogens with one attached hydrogen (secondary N) is 1. The lowest BCUT2D eigenvalue weighted by Gasteiger charge is -2.09. The number of oxazole rings is 1. The Balaban J connectivity index is 1.53. The number of aromatic amines is 1. The summed E-state index contributed by atoms with van der Waals surface area (Å²) in [5.41, 5.74) is 3.35. The summed E-state index contributed by atoms with van der Waals surface area (Å²) in [6, 6.07) is 9.50. The van der Waals surface area contributed by atoms with Gasteiger partial charge in [0.15, 0.2) is 22.3 Å². The summed E-state index contributed by atoms with van der Waals surface area (Å²) in [5.74, 6) is 3.33. The van der Waals surface area contributed by atoms with E-state index in [4.69, 9.17) is 13.9 Å². The number of methoxy groups -OCH3 is 1.